The molecular weight excluding hydrogens is 208 g/mol. The molecule has 86 valence electrons. The molecule has 1 aliphatic heterocycles. The first-order valence-electron chi connectivity index (χ1n) is 5.05. The lowest BCUT2D eigenvalue weighted by molar-refractivity contribution is -0.139. The van der Waals surface area contributed by atoms with Crippen LogP contribution in [-0.2, 0) is 9.53 Å². The highest BCUT2D eigenvalue weighted by molar-refractivity contribution is 5.82. The van der Waals surface area contributed by atoms with Crippen molar-refractivity contribution >= 4 is 17.3 Å². The van der Waals surface area contributed by atoms with E-state index in [-0.39, 0.29) is 12.5 Å². The zero-order valence-corrected chi connectivity index (χ0v) is 9.10. The van der Waals surface area contributed by atoms with Gasteiger partial charge in [0.25, 0.3) is 0 Å². The SMILES string of the molecule is COC(=O)CN1CCOc2cccc(N)c21. The quantitative estimate of drug-likeness (QED) is 0.587. The second-order valence-corrected chi connectivity index (χ2v) is 3.54. The molecule has 0 spiro atoms. The van der Waals surface area contributed by atoms with Gasteiger partial charge in [-0.25, -0.2) is 0 Å². The number of para-hydroxylation sites is 1. The third kappa shape index (κ3) is 1.88. The van der Waals surface area contributed by atoms with E-state index in [0.717, 1.165) is 11.4 Å². The van der Waals surface area contributed by atoms with Gasteiger partial charge in [0.15, 0.2) is 0 Å². The van der Waals surface area contributed by atoms with Crippen LogP contribution in [0.3, 0.4) is 0 Å². The Balaban J connectivity index is 2.28. The fourth-order valence-electron chi connectivity index (χ4n) is 1.75. The molecule has 1 heterocycles. The summed E-state index contributed by atoms with van der Waals surface area (Å²) in [6.07, 6.45) is 0. The number of anilines is 2. The summed E-state index contributed by atoms with van der Waals surface area (Å²) >= 11 is 0. The number of nitrogen functional groups attached to an aromatic ring is 1. The average Bonchev–Trinajstić information content (AvgIpc) is 2.29. The number of benzene rings is 1. The van der Waals surface area contributed by atoms with E-state index >= 15 is 0 Å². The molecule has 0 aromatic heterocycles. The summed E-state index contributed by atoms with van der Waals surface area (Å²) < 4.78 is 10.1. The molecule has 16 heavy (non-hydrogen) atoms. The van der Waals surface area contributed by atoms with Gasteiger partial charge in [0.1, 0.15) is 24.6 Å². The molecule has 1 aromatic carbocycles. The van der Waals surface area contributed by atoms with Gasteiger partial charge in [-0.15, -0.1) is 0 Å². The van der Waals surface area contributed by atoms with Gasteiger partial charge in [-0.05, 0) is 12.1 Å². The molecule has 0 aliphatic carbocycles. The van der Waals surface area contributed by atoms with E-state index in [0.29, 0.717) is 18.8 Å². The number of rotatable bonds is 2. The van der Waals surface area contributed by atoms with E-state index in [1.165, 1.54) is 7.11 Å². The topological polar surface area (TPSA) is 64.8 Å². The number of carbonyl (C=O) groups is 1. The second-order valence-electron chi connectivity index (χ2n) is 3.54. The predicted octanol–water partition coefficient (Wildman–Crippen LogP) is 0.641. The van der Waals surface area contributed by atoms with Gasteiger partial charge in [-0.2, -0.15) is 0 Å². The van der Waals surface area contributed by atoms with E-state index in [1.54, 1.807) is 6.07 Å². The lowest BCUT2D eigenvalue weighted by Crippen LogP contribution is -2.37. The number of methoxy groups -OCH3 is 1. The maximum absolute atomic E-state index is 11.3. The van der Waals surface area contributed by atoms with Crippen LogP contribution in [0.25, 0.3) is 0 Å². The van der Waals surface area contributed by atoms with Gasteiger partial charge in [0.2, 0.25) is 0 Å². The van der Waals surface area contributed by atoms with Crippen molar-refractivity contribution in [3.63, 3.8) is 0 Å². The number of carbonyl (C=O) groups excluding carboxylic acids is 1. The number of nitrogens with two attached hydrogens (primary N) is 1. The molecule has 5 heteroatoms. The van der Waals surface area contributed by atoms with Crippen LogP contribution in [-0.4, -0.2) is 32.8 Å². The zero-order chi connectivity index (χ0) is 11.5. The summed E-state index contributed by atoms with van der Waals surface area (Å²) in [5.74, 6) is 0.436. The van der Waals surface area contributed by atoms with Crippen molar-refractivity contribution in [2.24, 2.45) is 0 Å². The van der Waals surface area contributed by atoms with Gasteiger partial charge in [0, 0.05) is 0 Å². The van der Waals surface area contributed by atoms with Gasteiger partial charge < -0.3 is 20.1 Å². The molecule has 2 N–H and O–H groups in total. The summed E-state index contributed by atoms with van der Waals surface area (Å²) in [7, 11) is 1.37. The van der Waals surface area contributed by atoms with Crippen LogP contribution in [0.4, 0.5) is 11.4 Å². The Bertz CT molecular complexity index is 406. The normalized spacial score (nSPS) is 13.9. The minimum absolute atomic E-state index is 0.196. The lowest BCUT2D eigenvalue weighted by Gasteiger charge is -2.31. The fraction of sp³-hybridized carbons (Fsp3) is 0.364. The van der Waals surface area contributed by atoms with Crippen molar-refractivity contribution in [2.45, 2.75) is 0 Å². The third-order valence-corrected chi connectivity index (χ3v) is 2.51. The van der Waals surface area contributed by atoms with Crippen molar-refractivity contribution in [1.82, 2.24) is 0 Å². The highest BCUT2D eigenvalue weighted by Gasteiger charge is 2.22. The molecule has 0 amide bonds. The molecule has 0 unspecified atom stereocenters. The minimum atomic E-state index is -0.281. The molecule has 0 saturated heterocycles. The molecule has 0 radical (unpaired) electrons. The smallest absolute Gasteiger partial charge is 0.325 e. The van der Waals surface area contributed by atoms with E-state index in [9.17, 15) is 4.79 Å². The summed E-state index contributed by atoms with van der Waals surface area (Å²) in [5, 5.41) is 0. The van der Waals surface area contributed by atoms with Crippen molar-refractivity contribution in [1.29, 1.82) is 0 Å². The van der Waals surface area contributed by atoms with Gasteiger partial charge in [-0.1, -0.05) is 6.07 Å². The van der Waals surface area contributed by atoms with Gasteiger partial charge in [-0.3, -0.25) is 4.79 Å². The molecule has 0 fully saturated rings. The third-order valence-electron chi connectivity index (χ3n) is 2.51. The Kier molecular flexibility index (Phi) is 2.85. The van der Waals surface area contributed by atoms with Gasteiger partial charge >= 0.3 is 5.97 Å². The monoisotopic (exact) mass is 222 g/mol. The van der Waals surface area contributed by atoms with Crippen molar-refractivity contribution in [3.05, 3.63) is 18.2 Å². The number of fused-ring (bicyclic) bond motifs is 1. The number of hydrogen-bond acceptors (Lipinski definition) is 5. The van der Waals surface area contributed by atoms with Crippen LogP contribution in [0.5, 0.6) is 5.75 Å². The molecule has 5 nitrogen and oxygen atoms in total. The minimum Gasteiger partial charge on any atom is -0.489 e. The molecule has 0 bridgehead atoms. The number of ether oxygens (including phenoxy) is 2. The molecule has 1 aliphatic rings. The highest BCUT2D eigenvalue weighted by atomic mass is 16.5. The summed E-state index contributed by atoms with van der Waals surface area (Å²) in [4.78, 5) is 13.1. The Morgan fingerprint density at radius 3 is 3.19 bits per heavy atom. The van der Waals surface area contributed by atoms with Crippen LogP contribution < -0.4 is 15.4 Å². The van der Waals surface area contributed by atoms with Crippen LogP contribution in [0.15, 0.2) is 18.2 Å². The van der Waals surface area contributed by atoms with Crippen LogP contribution >= 0.6 is 0 Å². The predicted molar refractivity (Wildman–Crippen MR) is 60.6 cm³/mol. The van der Waals surface area contributed by atoms with E-state index in [4.69, 9.17) is 10.5 Å². The highest BCUT2D eigenvalue weighted by Crippen LogP contribution is 2.36. The van der Waals surface area contributed by atoms with E-state index in [1.807, 2.05) is 17.0 Å². The van der Waals surface area contributed by atoms with Crippen LogP contribution in [0, 0.1) is 0 Å². The van der Waals surface area contributed by atoms with E-state index in [2.05, 4.69) is 4.74 Å². The number of hydrogen-bond donors (Lipinski definition) is 1. The maximum atomic E-state index is 11.3. The molecule has 2 rings (SSSR count). The fourth-order valence-corrected chi connectivity index (χ4v) is 1.75. The standard InChI is InChI=1S/C11H14N2O3/c1-15-10(14)7-13-5-6-16-9-4-2-3-8(12)11(9)13/h2-4H,5-7,12H2,1H3. The largest absolute Gasteiger partial charge is 0.489 e. The first kappa shape index (κ1) is 10.6. The summed E-state index contributed by atoms with van der Waals surface area (Å²) in [5.41, 5.74) is 7.26. The number of nitrogens with zero attached hydrogens (tertiary/aromatic N) is 1. The van der Waals surface area contributed by atoms with Crippen LogP contribution in [0.2, 0.25) is 0 Å². The first-order chi connectivity index (χ1) is 7.72. The molecule has 0 saturated carbocycles. The first-order valence-corrected chi connectivity index (χ1v) is 5.05. The lowest BCUT2D eigenvalue weighted by atomic mass is 10.2. The Hall–Kier alpha value is -1.91. The molecular formula is C11H14N2O3. The van der Waals surface area contributed by atoms with E-state index < -0.39 is 0 Å². The van der Waals surface area contributed by atoms with Crippen molar-refractivity contribution in [2.75, 3.05) is 37.4 Å². The zero-order valence-electron chi connectivity index (χ0n) is 9.10. The van der Waals surface area contributed by atoms with Crippen LogP contribution in [0.1, 0.15) is 0 Å². The maximum Gasteiger partial charge on any atom is 0.325 e. The molecule has 1 aromatic rings. The summed E-state index contributed by atoms with van der Waals surface area (Å²) in [6, 6.07) is 5.46. The van der Waals surface area contributed by atoms with Gasteiger partial charge in [0.05, 0.1) is 19.3 Å². The Labute approximate surface area is 93.7 Å². The van der Waals surface area contributed by atoms with Crippen molar-refractivity contribution in [3.8, 4) is 5.75 Å². The summed E-state index contributed by atoms with van der Waals surface area (Å²) in [6.45, 7) is 1.38. The van der Waals surface area contributed by atoms with Crippen molar-refractivity contribution < 1.29 is 14.3 Å². The molecule has 0 atom stereocenters. The Morgan fingerprint density at radius 1 is 1.62 bits per heavy atom. The average molecular weight is 222 g/mol. The second kappa shape index (κ2) is 4.30. The Morgan fingerprint density at radius 2 is 2.44 bits per heavy atom. The number of esters is 1.